The molecule has 140 valence electrons. The number of aromatic nitrogens is 2. The average Bonchev–Trinajstić information content (AvgIpc) is 2.64. The fourth-order valence-corrected chi connectivity index (χ4v) is 2.95. The van der Waals surface area contributed by atoms with Gasteiger partial charge in [-0.15, -0.1) is 0 Å². The van der Waals surface area contributed by atoms with E-state index in [0.29, 0.717) is 32.1 Å². The molecular formula is C16H19F2N5O3. The van der Waals surface area contributed by atoms with Crippen molar-refractivity contribution >= 4 is 11.9 Å². The van der Waals surface area contributed by atoms with Crippen LogP contribution in [0.4, 0.5) is 19.4 Å². The molecule has 1 saturated carbocycles. The second-order valence-electron chi connectivity index (χ2n) is 6.26. The summed E-state index contributed by atoms with van der Waals surface area (Å²) in [4.78, 5) is 21.9. The first-order valence-electron chi connectivity index (χ1n) is 8.43. The summed E-state index contributed by atoms with van der Waals surface area (Å²) in [6.45, 7) is 2.28. The highest BCUT2D eigenvalue weighted by molar-refractivity contribution is 5.70. The molecule has 2 fully saturated rings. The fourth-order valence-electron chi connectivity index (χ4n) is 2.95. The van der Waals surface area contributed by atoms with Crippen LogP contribution in [0.3, 0.4) is 0 Å². The van der Waals surface area contributed by atoms with Crippen LogP contribution in [0.1, 0.15) is 31.5 Å². The molecule has 0 unspecified atom stereocenters. The van der Waals surface area contributed by atoms with Crippen molar-refractivity contribution in [1.29, 1.82) is 5.26 Å². The zero-order chi connectivity index (χ0) is 18.6. The standard InChI is InChI=1S/C16H19F2N5O3/c17-16(18)3-1-11(2-4-16)20-15(24)26-14-9-13(21-12(10-19)22-14)23-5-7-25-8-6-23/h9,11H,1-8H2,(H,20,24). The number of alkyl halides is 2. The molecule has 0 spiro atoms. The molecule has 1 aliphatic heterocycles. The highest BCUT2D eigenvalue weighted by Crippen LogP contribution is 2.33. The molecule has 1 amide bonds. The average molecular weight is 367 g/mol. The van der Waals surface area contributed by atoms with Crippen molar-refractivity contribution in [3.8, 4) is 11.9 Å². The second-order valence-corrected chi connectivity index (χ2v) is 6.26. The first-order valence-corrected chi connectivity index (χ1v) is 8.43. The van der Waals surface area contributed by atoms with Gasteiger partial charge in [-0.05, 0) is 12.8 Å². The SMILES string of the molecule is N#Cc1nc(OC(=O)NC2CCC(F)(F)CC2)cc(N2CCOCC2)n1. The van der Waals surface area contributed by atoms with Gasteiger partial charge in [0.1, 0.15) is 11.9 Å². The lowest BCUT2D eigenvalue weighted by molar-refractivity contribution is -0.0399. The van der Waals surface area contributed by atoms with Gasteiger partial charge in [0.2, 0.25) is 17.6 Å². The summed E-state index contributed by atoms with van der Waals surface area (Å²) in [7, 11) is 0. The number of carbonyl (C=O) groups excluding carboxylic acids is 1. The molecule has 8 nitrogen and oxygen atoms in total. The summed E-state index contributed by atoms with van der Waals surface area (Å²) < 4.78 is 36.7. The van der Waals surface area contributed by atoms with E-state index in [1.165, 1.54) is 6.07 Å². The van der Waals surface area contributed by atoms with Gasteiger partial charge in [-0.2, -0.15) is 10.2 Å². The van der Waals surface area contributed by atoms with Gasteiger partial charge >= 0.3 is 6.09 Å². The number of halogens is 2. The van der Waals surface area contributed by atoms with E-state index < -0.39 is 12.0 Å². The quantitative estimate of drug-likeness (QED) is 0.870. The number of nitrogens with zero attached hydrogens (tertiary/aromatic N) is 4. The van der Waals surface area contributed by atoms with Crippen molar-refractivity contribution in [3.63, 3.8) is 0 Å². The van der Waals surface area contributed by atoms with Crippen LogP contribution in [-0.2, 0) is 4.74 Å². The predicted octanol–water partition coefficient (Wildman–Crippen LogP) is 1.85. The van der Waals surface area contributed by atoms with E-state index in [9.17, 15) is 13.6 Å². The number of nitriles is 1. The predicted molar refractivity (Wildman–Crippen MR) is 86.1 cm³/mol. The molecule has 0 radical (unpaired) electrons. The Hall–Kier alpha value is -2.54. The van der Waals surface area contributed by atoms with Crippen LogP contribution >= 0.6 is 0 Å². The monoisotopic (exact) mass is 367 g/mol. The number of nitrogens with one attached hydrogen (secondary N) is 1. The molecule has 2 heterocycles. The maximum absolute atomic E-state index is 13.2. The van der Waals surface area contributed by atoms with Gasteiger partial charge < -0.3 is 19.7 Å². The van der Waals surface area contributed by atoms with Crippen LogP contribution in [0.15, 0.2) is 6.07 Å². The Morgan fingerprint density at radius 3 is 2.69 bits per heavy atom. The number of ether oxygens (including phenoxy) is 2. The Labute approximate surface area is 149 Å². The van der Waals surface area contributed by atoms with E-state index in [1.807, 2.05) is 11.0 Å². The Kier molecular flexibility index (Phi) is 5.46. The number of anilines is 1. The molecule has 1 aromatic heterocycles. The highest BCUT2D eigenvalue weighted by atomic mass is 19.3. The lowest BCUT2D eigenvalue weighted by Crippen LogP contribution is -2.41. The van der Waals surface area contributed by atoms with Gasteiger partial charge in [-0.25, -0.2) is 18.6 Å². The Bertz CT molecular complexity index is 694. The summed E-state index contributed by atoms with van der Waals surface area (Å²) in [6, 6.07) is 2.95. The van der Waals surface area contributed by atoms with Gasteiger partial charge in [-0.3, -0.25) is 0 Å². The highest BCUT2D eigenvalue weighted by Gasteiger charge is 2.35. The topological polar surface area (TPSA) is 100 Å². The van der Waals surface area contributed by atoms with E-state index in [-0.39, 0.29) is 43.4 Å². The first-order chi connectivity index (χ1) is 12.4. The molecule has 2 aliphatic rings. The smallest absolute Gasteiger partial charge is 0.391 e. The van der Waals surface area contributed by atoms with Crippen molar-refractivity contribution in [3.05, 3.63) is 11.9 Å². The summed E-state index contributed by atoms with van der Waals surface area (Å²) >= 11 is 0. The Morgan fingerprint density at radius 1 is 1.35 bits per heavy atom. The van der Waals surface area contributed by atoms with Gasteiger partial charge in [0.25, 0.3) is 0 Å². The van der Waals surface area contributed by atoms with Crippen LogP contribution in [0.2, 0.25) is 0 Å². The molecule has 0 aromatic carbocycles. The largest absolute Gasteiger partial charge is 0.414 e. The van der Waals surface area contributed by atoms with Crippen LogP contribution in [0, 0.1) is 11.3 Å². The van der Waals surface area contributed by atoms with E-state index >= 15 is 0 Å². The first kappa shape index (κ1) is 18.3. The van der Waals surface area contributed by atoms with E-state index in [1.54, 1.807) is 0 Å². The van der Waals surface area contributed by atoms with Gasteiger partial charge in [-0.1, -0.05) is 0 Å². The van der Waals surface area contributed by atoms with Crippen molar-refractivity contribution in [2.24, 2.45) is 0 Å². The van der Waals surface area contributed by atoms with Gasteiger partial charge in [0, 0.05) is 38.0 Å². The fraction of sp³-hybridized carbons (Fsp3) is 0.625. The summed E-state index contributed by atoms with van der Waals surface area (Å²) in [5.74, 6) is -2.37. The minimum absolute atomic E-state index is 0.0586. The molecule has 1 aromatic rings. The van der Waals surface area contributed by atoms with Crippen LogP contribution < -0.4 is 15.0 Å². The Balaban J connectivity index is 1.63. The van der Waals surface area contributed by atoms with Crippen molar-refractivity contribution in [1.82, 2.24) is 15.3 Å². The van der Waals surface area contributed by atoms with E-state index in [0.717, 1.165) is 0 Å². The molecule has 1 N–H and O–H groups in total. The van der Waals surface area contributed by atoms with Crippen molar-refractivity contribution in [2.45, 2.75) is 37.6 Å². The van der Waals surface area contributed by atoms with E-state index in [2.05, 4.69) is 15.3 Å². The second kappa shape index (κ2) is 7.78. The van der Waals surface area contributed by atoms with Crippen molar-refractivity contribution < 1.29 is 23.0 Å². The lowest BCUT2D eigenvalue weighted by atomic mass is 9.92. The van der Waals surface area contributed by atoms with Crippen LogP contribution in [0.25, 0.3) is 0 Å². The summed E-state index contributed by atoms with van der Waals surface area (Å²) in [5.41, 5.74) is 0. The molecular weight excluding hydrogens is 348 g/mol. The van der Waals surface area contributed by atoms with Gasteiger partial charge in [0.05, 0.1) is 13.2 Å². The van der Waals surface area contributed by atoms with Gasteiger partial charge in [0.15, 0.2) is 0 Å². The van der Waals surface area contributed by atoms with E-state index in [4.69, 9.17) is 14.7 Å². The minimum Gasteiger partial charge on any atom is -0.391 e. The molecule has 0 bridgehead atoms. The summed E-state index contributed by atoms with van der Waals surface area (Å²) in [5, 5.41) is 11.7. The number of amides is 1. The minimum atomic E-state index is -2.66. The maximum atomic E-state index is 13.2. The molecule has 10 heteroatoms. The number of carbonyl (C=O) groups is 1. The number of hydrogen-bond donors (Lipinski definition) is 1. The third-order valence-electron chi connectivity index (χ3n) is 4.36. The number of morpholine rings is 1. The molecule has 0 atom stereocenters. The zero-order valence-electron chi connectivity index (χ0n) is 14.1. The number of hydrogen-bond acceptors (Lipinski definition) is 7. The molecule has 1 aliphatic carbocycles. The molecule has 3 rings (SSSR count). The molecule has 1 saturated heterocycles. The molecule has 26 heavy (non-hydrogen) atoms. The summed E-state index contributed by atoms with van der Waals surface area (Å²) in [6.07, 6.45) is -0.921. The maximum Gasteiger partial charge on any atom is 0.414 e. The number of rotatable bonds is 3. The zero-order valence-corrected chi connectivity index (χ0v) is 14.1. The van der Waals surface area contributed by atoms with Crippen LogP contribution in [0.5, 0.6) is 5.88 Å². The lowest BCUT2D eigenvalue weighted by Gasteiger charge is -2.28. The van der Waals surface area contributed by atoms with Crippen molar-refractivity contribution in [2.75, 3.05) is 31.2 Å². The normalized spacial score (nSPS) is 20.3. The third kappa shape index (κ3) is 4.76. The third-order valence-corrected chi connectivity index (χ3v) is 4.36. The van der Waals surface area contributed by atoms with Crippen LogP contribution in [-0.4, -0.2) is 54.3 Å². The Morgan fingerprint density at radius 2 is 2.04 bits per heavy atom.